The molecule has 0 spiro atoms. The molecule has 1 aliphatic rings. The number of ether oxygens (including phenoxy) is 1. The Bertz CT molecular complexity index is 326. The maximum atomic E-state index is 11.7. The van der Waals surface area contributed by atoms with Gasteiger partial charge in [-0.3, -0.25) is 4.79 Å². The molecule has 3 heteroatoms. The van der Waals surface area contributed by atoms with E-state index in [1.54, 1.807) is 7.11 Å². The van der Waals surface area contributed by atoms with E-state index in [4.69, 9.17) is 4.74 Å². The lowest BCUT2D eigenvalue weighted by Gasteiger charge is -2.00. The fraction of sp³-hybridized carbons (Fsp3) is 0.545. The van der Waals surface area contributed by atoms with Crippen molar-refractivity contribution < 1.29 is 9.53 Å². The number of carbonyl (C=O) groups is 1. The third-order valence-electron chi connectivity index (χ3n) is 2.58. The lowest BCUT2D eigenvalue weighted by atomic mass is 10.1. The summed E-state index contributed by atoms with van der Waals surface area (Å²) in [5.41, 5.74) is 0. The molecule has 0 aliphatic heterocycles. The fourth-order valence-corrected chi connectivity index (χ4v) is 2.35. The fourth-order valence-electron chi connectivity index (χ4n) is 1.52. The minimum Gasteiger partial charge on any atom is -0.495 e. The predicted octanol–water partition coefficient (Wildman–Crippen LogP) is 3.13. The Hall–Kier alpha value is -0.830. The zero-order valence-electron chi connectivity index (χ0n) is 8.29. The van der Waals surface area contributed by atoms with Crippen LogP contribution in [0.1, 0.15) is 35.4 Å². The Kier molecular flexibility index (Phi) is 2.87. The van der Waals surface area contributed by atoms with Gasteiger partial charge in [-0.1, -0.05) is 12.8 Å². The summed E-state index contributed by atoms with van der Waals surface area (Å²) in [5, 5.41) is 1.91. The number of hydrogen-bond donors (Lipinski definition) is 0. The van der Waals surface area contributed by atoms with E-state index in [1.165, 1.54) is 24.2 Å². The molecule has 2 rings (SSSR count). The average molecular weight is 210 g/mol. The summed E-state index contributed by atoms with van der Waals surface area (Å²) in [6.45, 7) is 0. The smallest absolute Gasteiger partial charge is 0.176 e. The van der Waals surface area contributed by atoms with Crippen molar-refractivity contribution in [3.05, 3.63) is 16.3 Å². The van der Waals surface area contributed by atoms with E-state index >= 15 is 0 Å². The molecular formula is C11H14O2S. The predicted molar refractivity (Wildman–Crippen MR) is 57.2 cm³/mol. The molecule has 1 heterocycles. The van der Waals surface area contributed by atoms with Gasteiger partial charge in [0.25, 0.3) is 0 Å². The van der Waals surface area contributed by atoms with Crippen LogP contribution in [0.4, 0.5) is 0 Å². The van der Waals surface area contributed by atoms with Crippen LogP contribution in [0.15, 0.2) is 11.4 Å². The molecule has 76 valence electrons. The highest BCUT2D eigenvalue weighted by molar-refractivity contribution is 7.12. The van der Waals surface area contributed by atoms with Crippen LogP contribution in [-0.4, -0.2) is 12.9 Å². The minimum absolute atomic E-state index is 0.240. The van der Waals surface area contributed by atoms with Crippen molar-refractivity contribution in [2.24, 2.45) is 5.92 Å². The molecule has 0 unspecified atom stereocenters. The van der Waals surface area contributed by atoms with E-state index in [2.05, 4.69) is 0 Å². The van der Waals surface area contributed by atoms with Gasteiger partial charge in [0, 0.05) is 6.42 Å². The number of Topliss-reactive ketones (excluding diaryl/α,β-unsaturated/α-hetero) is 1. The van der Waals surface area contributed by atoms with Crippen LogP contribution in [0.2, 0.25) is 0 Å². The number of rotatable bonds is 5. The topological polar surface area (TPSA) is 26.3 Å². The second-order valence-corrected chi connectivity index (χ2v) is 4.64. The Labute approximate surface area is 87.9 Å². The largest absolute Gasteiger partial charge is 0.495 e. The first kappa shape index (κ1) is 9.71. The molecule has 0 amide bonds. The summed E-state index contributed by atoms with van der Waals surface area (Å²) in [6.07, 6.45) is 4.37. The van der Waals surface area contributed by atoms with Crippen LogP contribution in [0.25, 0.3) is 0 Å². The van der Waals surface area contributed by atoms with E-state index < -0.39 is 0 Å². The number of methoxy groups -OCH3 is 1. The Morgan fingerprint density at radius 2 is 2.43 bits per heavy atom. The highest BCUT2D eigenvalue weighted by atomic mass is 32.1. The van der Waals surface area contributed by atoms with Gasteiger partial charge in [-0.25, -0.2) is 0 Å². The molecule has 1 aromatic rings. The van der Waals surface area contributed by atoms with Gasteiger partial charge in [0.05, 0.1) is 7.11 Å². The van der Waals surface area contributed by atoms with Crippen molar-refractivity contribution in [1.29, 1.82) is 0 Å². The summed E-state index contributed by atoms with van der Waals surface area (Å²) in [4.78, 5) is 12.5. The van der Waals surface area contributed by atoms with E-state index in [1.807, 2.05) is 11.4 Å². The van der Waals surface area contributed by atoms with Gasteiger partial charge in [-0.15, -0.1) is 11.3 Å². The van der Waals surface area contributed by atoms with Crippen LogP contribution >= 0.6 is 11.3 Å². The van der Waals surface area contributed by atoms with Crippen molar-refractivity contribution in [2.45, 2.75) is 25.7 Å². The zero-order chi connectivity index (χ0) is 9.97. The highest BCUT2D eigenvalue weighted by Crippen LogP contribution is 2.35. The third-order valence-corrected chi connectivity index (χ3v) is 3.52. The first-order valence-electron chi connectivity index (χ1n) is 4.96. The second-order valence-electron chi connectivity index (χ2n) is 3.72. The minimum atomic E-state index is 0.240. The normalized spacial score (nSPS) is 15.5. The molecule has 1 aliphatic carbocycles. The van der Waals surface area contributed by atoms with Gasteiger partial charge in [0.2, 0.25) is 0 Å². The lowest BCUT2D eigenvalue weighted by Crippen LogP contribution is -1.98. The molecule has 0 saturated heterocycles. The zero-order valence-corrected chi connectivity index (χ0v) is 9.10. The molecule has 14 heavy (non-hydrogen) atoms. The van der Waals surface area contributed by atoms with Gasteiger partial charge in [0.15, 0.2) is 5.78 Å². The Balaban J connectivity index is 1.94. The van der Waals surface area contributed by atoms with E-state index in [9.17, 15) is 4.79 Å². The molecule has 0 bridgehead atoms. The number of carbonyl (C=O) groups excluding carboxylic acids is 1. The SMILES string of the molecule is COc1ccsc1C(=O)CCC1CC1. The van der Waals surface area contributed by atoms with Crippen molar-refractivity contribution in [1.82, 2.24) is 0 Å². The highest BCUT2D eigenvalue weighted by Gasteiger charge is 2.23. The number of hydrogen-bond acceptors (Lipinski definition) is 3. The van der Waals surface area contributed by atoms with Crippen molar-refractivity contribution in [2.75, 3.05) is 7.11 Å². The third kappa shape index (κ3) is 2.15. The molecule has 0 atom stereocenters. The maximum absolute atomic E-state index is 11.7. The van der Waals surface area contributed by atoms with Crippen molar-refractivity contribution in [3.63, 3.8) is 0 Å². The molecule has 0 radical (unpaired) electrons. The molecule has 0 N–H and O–H groups in total. The maximum Gasteiger partial charge on any atom is 0.176 e. The molecule has 2 nitrogen and oxygen atoms in total. The first-order chi connectivity index (χ1) is 6.81. The summed E-state index contributed by atoms with van der Waals surface area (Å²) >= 11 is 1.48. The monoisotopic (exact) mass is 210 g/mol. The number of ketones is 1. The Morgan fingerprint density at radius 1 is 1.64 bits per heavy atom. The lowest BCUT2D eigenvalue weighted by molar-refractivity contribution is 0.0979. The van der Waals surface area contributed by atoms with E-state index in [-0.39, 0.29) is 5.78 Å². The number of thiophene rings is 1. The average Bonchev–Trinajstić information content (AvgIpc) is 2.90. The van der Waals surface area contributed by atoms with Gasteiger partial charge < -0.3 is 4.74 Å². The summed E-state index contributed by atoms with van der Waals surface area (Å²) in [7, 11) is 1.61. The first-order valence-corrected chi connectivity index (χ1v) is 5.84. The van der Waals surface area contributed by atoms with Crippen LogP contribution in [-0.2, 0) is 0 Å². The summed E-state index contributed by atoms with van der Waals surface area (Å²) < 4.78 is 5.12. The van der Waals surface area contributed by atoms with Crippen LogP contribution < -0.4 is 4.74 Å². The van der Waals surface area contributed by atoms with Crippen molar-refractivity contribution >= 4 is 17.1 Å². The quantitative estimate of drug-likeness (QED) is 0.698. The van der Waals surface area contributed by atoms with E-state index in [0.29, 0.717) is 6.42 Å². The summed E-state index contributed by atoms with van der Waals surface area (Å²) in [6, 6.07) is 1.86. The molecule has 1 fully saturated rings. The van der Waals surface area contributed by atoms with Gasteiger partial charge in [-0.05, 0) is 23.8 Å². The van der Waals surface area contributed by atoms with Crippen LogP contribution in [0, 0.1) is 5.92 Å². The van der Waals surface area contributed by atoms with Crippen LogP contribution in [0.3, 0.4) is 0 Å². The van der Waals surface area contributed by atoms with Gasteiger partial charge >= 0.3 is 0 Å². The van der Waals surface area contributed by atoms with Gasteiger partial charge in [-0.2, -0.15) is 0 Å². The molecule has 1 saturated carbocycles. The molecule has 0 aromatic carbocycles. The summed E-state index contributed by atoms with van der Waals surface area (Å²) in [5.74, 6) is 1.80. The van der Waals surface area contributed by atoms with Crippen LogP contribution in [0.5, 0.6) is 5.75 Å². The van der Waals surface area contributed by atoms with E-state index in [0.717, 1.165) is 23.0 Å². The molecule has 1 aromatic heterocycles. The van der Waals surface area contributed by atoms with Crippen molar-refractivity contribution in [3.8, 4) is 5.75 Å². The molecular weight excluding hydrogens is 196 g/mol. The van der Waals surface area contributed by atoms with Gasteiger partial charge in [0.1, 0.15) is 10.6 Å². The Morgan fingerprint density at radius 3 is 3.07 bits per heavy atom. The second kappa shape index (κ2) is 4.13. The standard InChI is InChI=1S/C11H14O2S/c1-13-10-6-7-14-11(10)9(12)5-4-8-2-3-8/h6-8H,2-5H2,1H3.